The maximum atomic E-state index is 12.8. The van der Waals surface area contributed by atoms with Crippen molar-refractivity contribution in [3.8, 4) is 0 Å². The molecule has 25 heavy (non-hydrogen) atoms. The second-order valence-electron chi connectivity index (χ2n) is 8.03. The molecule has 0 unspecified atom stereocenters. The van der Waals surface area contributed by atoms with Crippen molar-refractivity contribution in [2.75, 3.05) is 13.1 Å². The molecular weight excluding hydrogens is 306 g/mol. The summed E-state index contributed by atoms with van der Waals surface area (Å²) in [4.78, 5) is 15.1. The van der Waals surface area contributed by atoms with Crippen molar-refractivity contribution < 1.29 is 4.79 Å². The molecule has 136 valence electrons. The van der Waals surface area contributed by atoms with E-state index in [1.807, 2.05) is 6.92 Å². The number of carbonyl (C=O) groups excluding carboxylic acids is 1. The van der Waals surface area contributed by atoms with Gasteiger partial charge in [0, 0.05) is 31.1 Å². The fourth-order valence-electron chi connectivity index (χ4n) is 3.56. The van der Waals surface area contributed by atoms with Gasteiger partial charge in [-0.2, -0.15) is 0 Å². The average molecular weight is 340 g/mol. The fraction of sp³-hybridized carbons (Fsp3) is 0.522. The van der Waals surface area contributed by atoms with E-state index in [4.69, 9.17) is 0 Å². The van der Waals surface area contributed by atoms with Crippen molar-refractivity contribution in [1.82, 2.24) is 4.90 Å². The number of benzene rings is 1. The fourth-order valence-corrected chi connectivity index (χ4v) is 3.56. The lowest BCUT2D eigenvalue weighted by molar-refractivity contribution is -0.124. The zero-order chi connectivity index (χ0) is 18.6. The Kier molecular flexibility index (Phi) is 6.26. The van der Waals surface area contributed by atoms with E-state index in [0.29, 0.717) is 12.2 Å². The topological polar surface area (TPSA) is 20.3 Å². The normalized spacial score (nSPS) is 16.2. The molecule has 0 aromatic heterocycles. The van der Waals surface area contributed by atoms with Crippen LogP contribution in [0.1, 0.15) is 64.5 Å². The Balaban J connectivity index is 1.98. The van der Waals surface area contributed by atoms with Gasteiger partial charge in [0.2, 0.25) is 0 Å². The van der Waals surface area contributed by atoms with Gasteiger partial charge in [0.1, 0.15) is 5.78 Å². The molecule has 0 radical (unpaired) electrons. The molecule has 1 fully saturated rings. The molecule has 2 heteroatoms. The number of ketones is 1. The van der Waals surface area contributed by atoms with Crippen LogP contribution in [0.4, 0.5) is 0 Å². The first-order valence-electron chi connectivity index (χ1n) is 9.45. The van der Waals surface area contributed by atoms with Crippen LogP contribution in [-0.4, -0.2) is 23.8 Å². The molecule has 1 aliphatic rings. The zero-order valence-corrected chi connectivity index (χ0v) is 16.4. The maximum Gasteiger partial charge on any atom is 0.136 e. The summed E-state index contributed by atoms with van der Waals surface area (Å²) in [5.74, 6) is 0.352. The Labute approximate surface area is 153 Å². The van der Waals surface area contributed by atoms with Gasteiger partial charge in [-0.3, -0.25) is 4.79 Å². The highest BCUT2D eigenvalue weighted by Gasteiger charge is 2.32. The number of likely N-dealkylation sites (tertiary alicyclic amines) is 1. The third-order valence-corrected chi connectivity index (χ3v) is 5.86. The summed E-state index contributed by atoms with van der Waals surface area (Å²) < 4.78 is 0. The van der Waals surface area contributed by atoms with E-state index in [-0.39, 0.29) is 11.3 Å². The first-order chi connectivity index (χ1) is 11.7. The molecule has 2 nitrogen and oxygen atoms in total. The van der Waals surface area contributed by atoms with Crippen LogP contribution in [0.5, 0.6) is 0 Å². The van der Waals surface area contributed by atoms with E-state index in [9.17, 15) is 4.79 Å². The lowest BCUT2D eigenvalue weighted by Gasteiger charge is -2.32. The molecule has 0 bridgehead atoms. The van der Waals surface area contributed by atoms with Crippen LogP contribution >= 0.6 is 0 Å². The number of hydrogen-bond donors (Lipinski definition) is 0. The highest BCUT2D eigenvalue weighted by molar-refractivity contribution is 5.82. The van der Waals surface area contributed by atoms with E-state index in [1.165, 1.54) is 17.7 Å². The first kappa shape index (κ1) is 19.5. The van der Waals surface area contributed by atoms with Crippen molar-refractivity contribution in [2.45, 2.75) is 58.8 Å². The summed E-state index contributed by atoms with van der Waals surface area (Å²) in [6.07, 6.45) is 3.88. The van der Waals surface area contributed by atoms with Gasteiger partial charge in [-0.1, -0.05) is 63.8 Å². The Morgan fingerprint density at radius 2 is 2.08 bits per heavy atom. The molecule has 1 aromatic rings. The van der Waals surface area contributed by atoms with Crippen molar-refractivity contribution in [3.63, 3.8) is 0 Å². The summed E-state index contributed by atoms with van der Waals surface area (Å²) in [5, 5.41) is 0. The molecule has 2 rings (SSSR count). The number of Topliss-reactive ketones (excluding diaryl/α,β-unsaturated/α-hetero) is 1. The number of hydrogen-bond acceptors (Lipinski definition) is 2. The summed E-state index contributed by atoms with van der Waals surface area (Å²) in [7, 11) is 0. The van der Waals surface area contributed by atoms with Gasteiger partial charge in [0.25, 0.3) is 0 Å². The quantitative estimate of drug-likeness (QED) is 0.615. The molecule has 1 heterocycles. The van der Waals surface area contributed by atoms with Gasteiger partial charge in [-0.05, 0) is 42.7 Å². The zero-order valence-electron chi connectivity index (χ0n) is 16.4. The summed E-state index contributed by atoms with van der Waals surface area (Å²) in [5.41, 5.74) is 4.47. The minimum absolute atomic E-state index is 0.00495. The third-order valence-electron chi connectivity index (χ3n) is 5.86. The molecule has 0 N–H and O–H groups in total. The van der Waals surface area contributed by atoms with E-state index in [1.54, 1.807) is 0 Å². The Bertz CT molecular complexity index is 656. The monoisotopic (exact) mass is 339 g/mol. The van der Waals surface area contributed by atoms with E-state index >= 15 is 0 Å². The van der Waals surface area contributed by atoms with E-state index < -0.39 is 0 Å². The van der Waals surface area contributed by atoms with Crippen LogP contribution in [0.2, 0.25) is 0 Å². The maximum absolute atomic E-state index is 12.8. The highest BCUT2D eigenvalue weighted by atomic mass is 16.1. The van der Waals surface area contributed by atoms with E-state index in [0.717, 1.165) is 37.1 Å². The van der Waals surface area contributed by atoms with Crippen LogP contribution in [0, 0.1) is 5.92 Å². The Hall–Kier alpha value is -1.83. The van der Waals surface area contributed by atoms with Gasteiger partial charge in [0.15, 0.2) is 0 Å². The van der Waals surface area contributed by atoms with Crippen molar-refractivity contribution in [3.05, 3.63) is 54.2 Å². The number of allylic oxidation sites excluding steroid dienone is 2. The molecule has 1 saturated heterocycles. The minimum atomic E-state index is -0.181. The third kappa shape index (κ3) is 4.62. The molecule has 0 amide bonds. The molecule has 1 aliphatic heterocycles. The lowest BCUT2D eigenvalue weighted by atomic mass is 9.71. The largest absolute Gasteiger partial charge is 0.375 e. The number of rotatable bonds is 8. The molecule has 1 atom stereocenters. The Morgan fingerprint density at radius 3 is 2.68 bits per heavy atom. The summed E-state index contributed by atoms with van der Waals surface area (Å²) >= 11 is 0. The van der Waals surface area contributed by atoms with Gasteiger partial charge in [-0.25, -0.2) is 0 Å². The molecule has 0 aliphatic carbocycles. The smallest absolute Gasteiger partial charge is 0.136 e. The molecule has 0 spiro atoms. The SMILES string of the molecule is C=C(C)c1cccc(C(C)(C)[C@H](C)C(=O)CCCN2CCCC2=C)c1. The van der Waals surface area contributed by atoms with Crippen LogP contribution in [0.15, 0.2) is 43.1 Å². The van der Waals surface area contributed by atoms with Gasteiger partial charge < -0.3 is 4.90 Å². The van der Waals surface area contributed by atoms with Gasteiger partial charge >= 0.3 is 0 Å². The predicted molar refractivity (Wildman–Crippen MR) is 108 cm³/mol. The first-order valence-corrected chi connectivity index (χ1v) is 9.45. The number of carbonyl (C=O) groups is 1. The van der Waals surface area contributed by atoms with Crippen LogP contribution < -0.4 is 0 Å². The summed E-state index contributed by atoms with van der Waals surface area (Å²) in [6.45, 7) is 18.6. The molecule has 1 aromatic carbocycles. The van der Waals surface area contributed by atoms with Crippen molar-refractivity contribution >= 4 is 11.4 Å². The second-order valence-corrected chi connectivity index (χ2v) is 8.03. The standard InChI is InChI=1S/C23H33NO/c1-17(2)20-11-7-12-21(16-20)23(5,6)19(4)22(25)13-9-15-24-14-8-10-18(24)3/h7,11-12,16,19H,1,3,8-10,13-15H2,2,4-6H3/t19-/m1/s1. The van der Waals surface area contributed by atoms with Gasteiger partial charge in [0.05, 0.1) is 0 Å². The van der Waals surface area contributed by atoms with Crippen LogP contribution in [0.25, 0.3) is 5.57 Å². The minimum Gasteiger partial charge on any atom is -0.375 e. The highest BCUT2D eigenvalue weighted by Crippen LogP contribution is 2.34. The van der Waals surface area contributed by atoms with Crippen LogP contribution in [-0.2, 0) is 10.2 Å². The number of nitrogens with zero attached hydrogens (tertiary/aromatic N) is 1. The van der Waals surface area contributed by atoms with Crippen molar-refractivity contribution in [1.29, 1.82) is 0 Å². The van der Waals surface area contributed by atoms with E-state index in [2.05, 4.69) is 63.1 Å². The average Bonchev–Trinajstić information content (AvgIpc) is 2.99. The van der Waals surface area contributed by atoms with Gasteiger partial charge in [-0.15, -0.1) is 0 Å². The molecular formula is C23H33NO. The molecule has 0 saturated carbocycles. The van der Waals surface area contributed by atoms with Crippen LogP contribution in [0.3, 0.4) is 0 Å². The van der Waals surface area contributed by atoms with Crippen molar-refractivity contribution in [2.24, 2.45) is 5.92 Å². The predicted octanol–water partition coefficient (Wildman–Crippen LogP) is 5.59. The Morgan fingerprint density at radius 1 is 1.36 bits per heavy atom. The summed E-state index contributed by atoms with van der Waals surface area (Å²) in [6, 6.07) is 8.46. The second kappa shape index (κ2) is 8.03. The lowest BCUT2D eigenvalue weighted by Crippen LogP contribution is -2.33.